The van der Waals surface area contributed by atoms with Crippen molar-refractivity contribution in [3.63, 3.8) is 0 Å². The number of amides is 2. The smallest absolute Gasteiger partial charge is 0.352 e. The third-order valence-corrected chi connectivity index (χ3v) is 12.9. The van der Waals surface area contributed by atoms with Crippen LogP contribution in [0.1, 0.15) is 40.8 Å². The number of halogens is 1. The number of thiocarbonyl (C=S) groups is 1. The second-order valence-electron chi connectivity index (χ2n) is 13.7. The fraction of sp³-hybridized carbons (Fsp3) is 0.389. The van der Waals surface area contributed by atoms with Crippen molar-refractivity contribution in [1.29, 1.82) is 0 Å². The van der Waals surface area contributed by atoms with Gasteiger partial charge in [-0.3, -0.25) is 24.2 Å². The summed E-state index contributed by atoms with van der Waals surface area (Å²) in [6.07, 6.45) is 3.09. The normalized spacial score (nSPS) is 20.5. The summed E-state index contributed by atoms with van der Waals surface area (Å²) in [4.78, 5) is 68.4. The fourth-order valence-corrected chi connectivity index (χ4v) is 9.56. The molecule has 0 bridgehead atoms. The summed E-state index contributed by atoms with van der Waals surface area (Å²) in [6, 6.07) is 6.68. The van der Waals surface area contributed by atoms with E-state index < -0.39 is 52.5 Å². The Hall–Kier alpha value is -4.69. The number of phenols is 1. The maximum absolute atomic E-state index is 15.4. The highest BCUT2D eigenvalue weighted by Crippen LogP contribution is 2.41. The Labute approximate surface area is 328 Å². The topological polar surface area (TPSA) is 202 Å². The zero-order chi connectivity index (χ0) is 39.1. The molecule has 4 aliphatic rings. The van der Waals surface area contributed by atoms with E-state index in [9.17, 15) is 39.3 Å². The Morgan fingerprint density at radius 1 is 1.09 bits per heavy atom. The van der Waals surface area contributed by atoms with E-state index >= 15 is 4.39 Å². The first kappa shape index (κ1) is 38.6. The maximum Gasteiger partial charge on any atom is 0.352 e. The van der Waals surface area contributed by atoms with Gasteiger partial charge in [0.1, 0.15) is 40.3 Å². The average Bonchev–Trinajstić information content (AvgIpc) is 4.02. The summed E-state index contributed by atoms with van der Waals surface area (Å²) in [7, 11) is 0. The molecule has 2 saturated heterocycles. The molecule has 3 fully saturated rings. The molecule has 3 aliphatic heterocycles. The number of carboxylic acid groups (broad SMARTS) is 2. The Morgan fingerprint density at radius 2 is 1.80 bits per heavy atom. The predicted molar refractivity (Wildman–Crippen MR) is 210 cm³/mol. The number of hydrogen-bond donors (Lipinski definition) is 5. The molecule has 0 radical (unpaired) electrons. The highest BCUT2D eigenvalue weighted by Gasteiger charge is 2.54. The number of piperazine rings is 1. The summed E-state index contributed by atoms with van der Waals surface area (Å²) in [5, 5.41) is 31.3. The van der Waals surface area contributed by atoms with Crippen molar-refractivity contribution in [1.82, 2.24) is 24.0 Å². The SMILES string of the molecule is N[C@@H](C(=O)N[C@@H]1C(=O)N2C(C(=O)O)=C(CN(C=S)SCCN3CCN(c4cc5c(cc4F)c(=O)c(C(=O)O)cn5C4CC4)CC3)CS[C@H]12)c1ccc(O)cc1. The third-order valence-electron chi connectivity index (χ3n) is 10.2. The molecule has 6 N–H and O–H groups in total. The van der Waals surface area contributed by atoms with Crippen molar-refractivity contribution in [2.24, 2.45) is 5.73 Å². The zero-order valence-electron chi connectivity index (χ0n) is 29.3. The Bertz CT molecular complexity index is 2160. The molecule has 3 aromatic rings. The molecule has 2 aromatic carbocycles. The van der Waals surface area contributed by atoms with Crippen LogP contribution in [0.25, 0.3) is 10.9 Å². The lowest BCUT2D eigenvalue weighted by Crippen LogP contribution is -2.71. The van der Waals surface area contributed by atoms with Crippen LogP contribution in [0.15, 0.2) is 58.7 Å². The monoisotopic (exact) mass is 811 g/mol. The summed E-state index contributed by atoms with van der Waals surface area (Å²) in [6.45, 7) is 3.21. The number of hydrogen-bond acceptors (Lipinski definition) is 12. The van der Waals surface area contributed by atoms with Crippen LogP contribution in [-0.2, 0) is 14.4 Å². The molecule has 1 saturated carbocycles. The first-order valence-electron chi connectivity index (χ1n) is 17.5. The number of rotatable bonds is 14. The number of aliphatic carboxylic acids is 1. The van der Waals surface area contributed by atoms with E-state index in [0.717, 1.165) is 18.9 Å². The molecule has 1 aromatic heterocycles. The van der Waals surface area contributed by atoms with Crippen LogP contribution >= 0.6 is 35.9 Å². The second-order valence-corrected chi connectivity index (χ2v) is 16.2. The highest BCUT2D eigenvalue weighted by molar-refractivity contribution is 8.00. The largest absolute Gasteiger partial charge is 0.508 e. The van der Waals surface area contributed by atoms with Gasteiger partial charge in [-0.15, -0.1) is 11.8 Å². The zero-order valence-corrected chi connectivity index (χ0v) is 31.7. The lowest BCUT2D eigenvalue weighted by Gasteiger charge is -2.49. The van der Waals surface area contributed by atoms with Gasteiger partial charge in [-0.05, 0) is 60.2 Å². The van der Waals surface area contributed by atoms with Crippen molar-refractivity contribution >= 4 is 81.8 Å². The van der Waals surface area contributed by atoms with Gasteiger partial charge in [-0.2, -0.15) is 0 Å². The minimum absolute atomic E-state index is 0.0198. The number of nitrogens with one attached hydrogen (secondary N) is 1. The molecular weight excluding hydrogens is 774 g/mol. The van der Waals surface area contributed by atoms with Gasteiger partial charge in [-0.1, -0.05) is 24.4 Å². The Morgan fingerprint density at radius 3 is 2.44 bits per heavy atom. The standard InChI is InChI=1S/C36H38FN7O8S3/c37-25-13-23-26(43(21-3-4-21)16-24(31(23)46)35(49)50)14-27(25)41-9-7-40(8-10-41)11-12-55-42(18-53)15-20-17-54-34-29(33(48)44(34)30(20)36(51)52)39-32(47)28(38)19-1-5-22(45)6-2-19/h1-2,5-6,13-14,16,18,21,28-29,34,45H,3-4,7-12,15,17,38H2,(H,39,47)(H,49,50)(H,51,52)/t28-,29-,34-/m1/s1. The summed E-state index contributed by atoms with van der Waals surface area (Å²) in [5.74, 6) is -3.36. The number of nitrogens with zero attached hydrogens (tertiary/aromatic N) is 5. The van der Waals surface area contributed by atoms with E-state index in [4.69, 9.17) is 18.0 Å². The van der Waals surface area contributed by atoms with Crippen molar-refractivity contribution in [2.75, 3.05) is 55.7 Å². The number of anilines is 1. The molecular formula is C36H38FN7O8S3. The van der Waals surface area contributed by atoms with E-state index in [2.05, 4.69) is 10.2 Å². The van der Waals surface area contributed by atoms with Gasteiger partial charge in [0.15, 0.2) is 0 Å². The first-order valence-corrected chi connectivity index (χ1v) is 20.0. The quantitative estimate of drug-likeness (QED) is 0.0902. The molecule has 19 heteroatoms. The molecule has 0 spiro atoms. The van der Waals surface area contributed by atoms with Crippen molar-refractivity contribution in [3.05, 3.63) is 81.0 Å². The van der Waals surface area contributed by atoms with Crippen LogP contribution in [0.3, 0.4) is 0 Å². The minimum atomic E-state index is -1.34. The van der Waals surface area contributed by atoms with Crippen LogP contribution < -0.4 is 21.4 Å². The van der Waals surface area contributed by atoms with Gasteiger partial charge >= 0.3 is 11.9 Å². The van der Waals surface area contributed by atoms with Gasteiger partial charge in [0.25, 0.3) is 5.91 Å². The molecule has 3 atom stereocenters. The number of aromatic hydroxyl groups is 1. The van der Waals surface area contributed by atoms with E-state index in [1.54, 1.807) is 14.9 Å². The van der Waals surface area contributed by atoms with Crippen LogP contribution in [0, 0.1) is 5.82 Å². The Balaban J connectivity index is 0.929. The summed E-state index contributed by atoms with van der Waals surface area (Å²) >= 11 is 8.03. The van der Waals surface area contributed by atoms with Crippen molar-refractivity contribution in [2.45, 2.75) is 36.3 Å². The fourth-order valence-electron chi connectivity index (χ4n) is 7.09. The molecule has 55 heavy (non-hydrogen) atoms. The predicted octanol–water partition coefficient (Wildman–Crippen LogP) is 2.35. The molecule has 0 unspecified atom stereocenters. The van der Waals surface area contributed by atoms with Crippen LogP contribution in [-0.4, -0.2) is 125 Å². The van der Waals surface area contributed by atoms with E-state index in [1.807, 2.05) is 4.90 Å². The summed E-state index contributed by atoms with van der Waals surface area (Å²) < 4.78 is 19.0. The number of fused-ring (bicyclic) bond motifs is 2. The van der Waals surface area contributed by atoms with Crippen LogP contribution in [0.2, 0.25) is 0 Å². The molecule has 290 valence electrons. The number of carbonyl (C=O) groups excluding carboxylic acids is 2. The van der Waals surface area contributed by atoms with E-state index in [1.165, 1.54) is 64.6 Å². The van der Waals surface area contributed by atoms with Crippen molar-refractivity contribution < 1.29 is 38.9 Å². The van der Waals surface area contributed by atoms with Gasteiger partial charge in [-0.25, -0.2) is 14.0 Å². The molecule has 15 nitrogen and oxygen atoms in total. The molecule has 7 rings (SSSR count). The van der Waals surface area contributed by atoms with Gasteiger partial charge in [0.2, 0.25) is 11.3 Å². The van der Waals surface area contributed by atoms with Crippen molar-refractivity contribution in [3.8, 4) is 5.75 Å². The highest BCUT2D eigenvalue weighted by atomic mass is 32.2. The number of aromatic carboxylic acids is 1. The number of aromatic nitrogens is 1. The second kappa shape index (κ2) is 15.8. The number of carbonyl (C=O) groups is 4. The minimum Gasteiger partial charge on any atom is -0.508 e. The third kappa shape index (κ3) is 7.75. The lowest BCUT2D eigenvalue weighted by atomic mass is 10.0. The van der Waals surface area contributed by atoms with E-state index in [0.29, 0.717) is 66.6 Å². The van der Waals surface area contributed by atoms with E-state index in [-0.39, 0.29) is 35.0 Å². The molecule has 2 amide bonds. The maximum atomic E-state index is 15.4. The number of phenolic OH excluding ortho intramolecular Hbond substituents is 1. The number of benzene rings is 2. The van der Waals surface area contributed by atoms with Crippen LogP contribution in [0.5, 0.6) is 5.75 Å². The Kier molecular flexibility index (Phi) is 11.1. The number of β-lactam (4-membered cyclic amide) rings is 1. The van der Waals surface area contributed by atoms with Gasteiger partial charge < -0.3 is 40.1 Å². The lowest BCUT2D eigenvalue weighted by molar-refractivity contribution is -0.150. The number of nitrogens with two attached hydrogens (primary N) is 1. The summed E-state index contributed by atoms with van der Waals surface area (Å²) in [5.41, 5.74) is 8.18. The number of thioether (sulfide) groups is 1. The van der Waals surface area contributed by atoms with Gasteiger partial charge in [0, 0.05) is 61.9 Å². The molecule has 4 heterocycles. The van der Waals surface area contributed by atoms with Gasteiger partial charge in [0.05, 0.1) is 23.2 Å². The number of carboxylic acids is 2. The van der Waals surface area contributed by atoms with Crippen LogP contribution in [0.4, 0.5) is 10.1 Å². The molecule has 1 aliphatic carbocycles. The number of pyridine rings is 1. The first-order chi connectivity index (χ1) is 26.4. The average molecular weight is 812 g/mol.